The summed E-state index contributed by atoms with van der Waals surface area (Å²) < 4.78 is 32.3. The third-order valence-electron chi connectivity index (χ3n) is 3.73. The minimum absolute atomic E-state index is 0.159. The lowest BCUT2D eigenvalue weighted by Gasteiger charge is -2.30. The van der Waals surface area contributed by atoms with Gasteiger partial charge in [-0.1, -0.05) is 19.8 Å². The smallest absolute Gasteiger partial charge is 0.247 e. The Morgan fingerprint density at radius 2 is 2.10 bits per heavy atom. The predicted molar refractivity (Wildman–Crippen MR) is 82.4 cm³/mol. The van der Waals surface area contributed by atoms with Crippen molar-refractivity contribution in [2.75, 3.05) is 13.1 Å². The second-order valence-electron chi connectivity index (χ2n) is 5.12. The first-order valence-corrected chi connectivity index (χ1v) is 9.60. The molecule has 0 unspecified atom stereocenters. The molecule has 1 aromatic rings. The quantitative estimate of drug-likeness (QED) is 0.721. The number of sulfonamides is 1. The van der Waals surface area contributed by atoms with Crippen LogP contribution in [0.25, 0.3) is 0 Å². The summed E-state index contributed by atoms with van der Waals surface area (Å²) in [5, 5.41) is 0. The van der Waals surface area contributed by atoms with Crippen molar-refractivity contribution < 1.29 is 12.8 Å². The molecule has 20 heavy (non-hydrogen) atoms. The van der Waals surface area contributed by atoms with Gasteiger partial charge in [-0.25, -0.2) is 8.42 Å². The van der Waals surface area contributed by atoms with E-state index >= 15 is 0 Å². The summed E-state index contributed by atoms with van der Waals surface area (Å²) in [5.74, 6) is 1.27. The fraction of sp³-hybridized carbons (Fsp3) is 0.692. The molecule has 0 atom stereocenters. The minimum Gasteiger partial charge on any atom is -0.452 e. The van der Waals surface area contributed by atoms with E-state index in [1.165, 1.54) is 12.5 Å². The zero-order valence-electron chi connectivity index (χ0n) is 11.4. The van der Waals surface area contributed by atoms with Crippen molar-refractivity contribution in [2.45, 2.75) is 43.4 Å². The maximum atomic E-state index is 12.6. The molecule has 2 rings (SSSR count). The number of alkyl halides is 1. The van der Waals surface area contributed by atoms with Gasteiger partial charge in [0.25, 0.3) is 0 Å². The molecule has 4 nitrogen and oxygen atoms in total. The number of piperidine rings is 1. The zero-order chi connectivity index (χ0) is 14.8. The molecule has 1 fully saturated rings. The molecule has 0 bridgehead atoms. The van der Waals surface area contributed by atoms with Gasteiger partial charge in [-0.2, -0.15) is 4.31 Å². The Hall–Kier alpha value is -0.0400. The van der Waals surface area contributed by atoms with Gasteiger partial charge in [0.15, 0.2) is 4.67 Å². The molecule has 1 aromatic heterocycles. The average Bonchev–Trinajstić information content (AvgIpc) is 2.82. The lowest BCUT2D eigenvalue weighted by atomic mass is 9.94. The Morgan fingerprint density at radius 1 is 1.45 bits per heavy atom. The summed E-state index contributed by atoms with van der Waals surface area (Å²) in [6, 6.07) is 1.50. The van der Waals surface area contributed by atoms with Crippen molar-refractivity contribution in [2.24, 2.45) is 5.92 Å². The lowest BCUT2D eigenvalue weighted by Crippen LogP contribution is -2.38. The molecular weight excluding hydrogens is 366 g/mol. The van der Waals surface area contributed by atoms with Gasteiger partial charge >= 0.3 is 0 Å². The third kappa shape index (κ3) is 3.40. The van der Waals surface area contributed by atoms with Crippen LogP contribution in [0.3, 0.4) is 0 Å². The van der Waals surface area contributed by atoms with Gasteiger partial charge in [-0.05, 0) is 34.7 Å². The Balaban J connectivity index is 2.13. The van der Waals surface area contributed by atoms with E-state index in [1.807, 2.05) is 0 Å². The first-order valence-electron chi connectivity index (χ1n) is 6.83. The minimum atomic E-state index is -3.49. The predicted octanol–water partition coefficient (Wildman–Crippen LogP) is 3.98. The van der Waals surface area contributed by atoms with Crippen LogP contribution < -0.4 is 0 Å². The van der Waals surface area contributed by atoms with E-state index in [9.17, 15) is 8.42 Å². The molecule has 0 amide bonds. The Kier molecular flexibility index (Phi) is 5.56. The summed E-state index contributed by atoms with van der Waals surface area (Å²) >= 11 is 8.84. The van der Waals surface area contributed by atoms with Crippen molar-refractivity contribution >= 4 is 37.6 Å². The number of furan rings is 1. The summed E-state index contributed by atoms with van der Waals surface area (Å²) in [6.07, 6.45) is 4.21. The first kappa shape index (κ1) is 16.3. The van der Waals surface area contributed by atoms with Crippen molar-refractivity contribution in [3.05, 3.63) is 16.5 Å². The van der Waals surface area contributed by atoms with E-state index in [0.29, 0.717) is 24.8 Å². The highest BCUT2D eigenvalue weighted by Gasteiger charge is 2.32. The Bertz CT molecular complexity index is 550. The topological polar surface area (TPSA) is 50.5 Å². The van der Waals surface area contributed by atoms with Crippen LogP contribution in [0.5, 0.6) is 0 Å². The standard InChI is InChI=1S/C13H19BrClNO3S/c1-2-3-10-4-6-16(7-5-10)20(17,18)12-8-11(9-15)19-13(12)14/h8,10H,2-7,9H2,1H3. The van der Waals surface area contributed by atoms with E-state index in [1.54, 1.807) is 4.31 Å². The highest BCUT2D eigenvalue weighted by atomic mass is 79.9. The monoisotopic (exact) mass is 383 g/mol. The second-order valence-corrected chi connectivity index (χ2v) is 8.01. The number of rotatable bonds is 5. The second kappa shape index (κ2) is 6.81. The number of halogens is 2. The van der Waals surface area contributed by atoms with Crippen molar-refractivity contribution in [3.63, 3.8) is 0 Å². The maximum Gasteiger partial charge on any atom is 0.247 e. The highest BCUT2D eigenvalue weighted by molar-refractivity contribution is 9.10. The van der Waals surface area contributed by atoms with Gasteiger partial charge < -0.3 is 4.42 Å². The lowest BCUT2D eigenvalue weighted by molar-refractivity contribution is 0.262. The number of hydrogen-bond acceptors (Lipinski definition) is 3. The molecule has 2 heterocycles. The normalized spacial score (nSPS) is 18.6. The number of hydrogen-bond donors (Lipinski definition) is 0. The van der Waals surface area contributed by atoms with Crippen LogP contribution in [-0.4, -0.2) is 25.8 Å². The van der Waals surface area contributed by atoms with E-state index in [4.69, 9.17) is 16.0 Å². The molecule has 1 aliphatic heterocycles. The van der Waals surface area contributed by atoms with Crippen molar-refractivity contribution in [1.29, 1.82) is 0 Å². The molecule has 1 aliphatic rings. The first-order chi connectivity index (χ1) is 9.48. The fourth-order valence-corrected chi connectivity index (χ4v) is 5.19. The van der Waals surface area contributed by atoms with E-state index < -0.39 is 10.0 Å². The highest BCUT2D eigenvalue weighted by Crippen LogP contribution is 2.32. The molecule has 0 saturated carbocycles. The Labute approximate surface area is 133 Å². The van der Waals surface area contributed by atoms with E-state index in [-0.39, 0.29) is 15.4 Å². The summed E-state index contributed by atoms with van der Waals surface area (Å²) in [7, 11) is -3.49. The van der Waals surface area contributed by atoms with Gasteiger partial charge in [-0.15, -0.1) is 11.6 Å². The third-order valence-corrected chi connectivity index (χ3v) is 6.75. The Morgan fingerprint density at radius 3 is 2.60 bits per heavy atom. The molecule has 0 aromatic carbocycles. The molecule has 7 heteroatoms. The molecule has 114 valence electrons. The number of nitrogens with zero attached hydrogens (tertiary/aromatic N) is 1. The molecule has 1 saturated heterocycles. The molecule has 0 radical (unpaired) electrons. The fourth-order valence-electron chi connectivity index (χ4n) is 2.63. The molecular formula is C13H19BrClNO3S. The SMILES string of the molecule is CCCC1CCN(S(=O)(=O)c2cc(CCl)oc2Br)CC1. The van der Waals surface area contributed by atoms with Crippen LogP contribution in [0.15, 0.2) is 20.0 Å². The average molecular weight is 385 g/mol. The van der Waals surface area contributed by atoms with Crippen LogP contribution >= 0.6 is 27.5 Å². The van der Waals surface area contributed by atoms with Gasteiger partial charge in [0.2, 0.25) is 10.0 Å². The largest absolute Gasteiger partial charge is 0.452 e. The van der Waals surface area contributed by atoms with Crippen molar-refractivity contribution in [3.8, 4) is 0 Å². The van der Waals surface area contributed by atoms with E-state index in [0.717, 1.165) is 19.3 Å². The van der Waals surface area contributed by atoms with Crippen LogP contribution in [0, 0.1) is 5.92 Å². The summed E-state index contributed by atoms with van der Waals surface area (Å²) in [5.41, 5.74) is 0. The van der Waals surface area contributed by atoms with Gasteiger partial charge in [0.1, 0.15) is 10.7 Å². The van der Waals surface area contributed by atoms with Crippen LogP contribution in [0.4, 0.5) is 0 Å². The molecule has 0 aliphatic carbocycles. The van der Waals surface area contributed by atoms with Crippen LogP contribution in [0.1, 0.15) is 38.4 Å². The van der Waals surface area contributed by atoms with Gasteiger partial charge in [0, 0.05) is 19.2 Å². The molecule has 0 spiro atoms. The zero-order valence-corrected chi connectivity index (χ0v) is 14.6. The van der Waals surface area contributed by atoms with Gasteiger partial charge in [-0.3, -0.25) is 0 Å². The van der Waals surface area contributed by atoms with Crippen LogP contribution in [0.2, 0.25) is 0 Å². The molecule has 0 N–H and O–H groups in total. The van der Waals surface area contributed by atoms with Gasteiger partial charge in [0.05, 0.1) is 5.88 Å². The van der Waals surface area contributed by atoms with Crippen molar-refractivity contribution in [1.82, 2.24) is 4.31 Å². The maximum absolute atomic E-state index is 12.6. The summed E-state index contributed by atoms with van der Waals surface area (Å²) in [6.45, 7) is 3.33. The van der Waals surface area contributed by atoms with Crippen LogP contribution in [-0.2, 0) is 15.9 Å². The summed E-state index contributed by atoms with van der Waals surface area (Å²) in [4.78, 5) is 0.182. The van der Waals surface area contributed by atoms with E-state index in [2.05, 4.69) is 22.9 Å².